The van der Waals surface area contributed by atoms with E-state index in [-0.39, 0.29) is 5.30 Å². The topological polar surface area (TPSA) is 17.1 Å². The Labute approximate surface area is 129 Å². The molecule has 0 spiro atoms. The molecular weight excluding hydrogens is 294 g/mol. The SMILES string of the molecule is Cc1ccc(P(=O)(c2ccccc2)c2ccccc2)c(F)c1. The molecule has 0 aliphatic heterocycles. The molecule has 0 N–H and O–H groups in total. The number of benzene rings is 3. The van der Waals surface area contributed by atoms with Crippen LogP contribution in [0.1, 0.15) is 5.56 Å². The summed E-state index contributed by atoms with van der Waals surface area (Å²) in [6.45, 7) is 1.82. The average Bonchev–Trinajstić information content (AvgIpc) is 2.56. The van der Waals surface area contributed by atoms with Gasteiger partial charge < -0.3 is 4.57 Å². The zero-order valence-corrected chi connectivity index (χ0v) is 13.1. The van der Waals surface area contributed by atoms with Crippen molar-refractivity contribution in [1.29, 1.82) is 0 Å². The summed E-state index contributed by atoms with van der Waals surface area (Å²) in [6, 6.07) is 23.1. The van der Waals surface area contributed by atoms with Crippen LogP contribution >= 0.6 is 7.14 Å². The van der Waals surface area contributed by atoms with Gasteiger partial charge in [-0.05, 0) is 24.6 Å². The van der Waals surface area contributed by atoms with Crippen LogP contribution in [0.15, 0.2) is 78.9 Å². The Morgan fingerprint density at radius 1 is 0.773 bits per heavy atom. The first-order valence-electron chi connectivity index (χ1n) is 7.10. The van der Waals surface area contributed by atoms with Gasteiger partial charge in [0.05, 0.1) is 5.30 Å². The van der Waals surface area contributed by atoms with Gasteiger partial charge in [-0.1, -0.05) is 66.7 Å². The molecule has 0 atom stereocenters. The van der Waals surface area contributed by atoms with Crippen LogP contribution in [0.3, 0.4) is 0 Å². The minimum absolute atomic E-state index is 0.260. The average molecular weight is 310 g/mol. The highest BCUT2D eigenvalue weighted by Gasteiger charge is 2.32. The molecule has 0 aliphatic carbocycles. The monoisotopic (exact) mass is 310 g/mol. The van der Waals surface area contributed by atoms with E-state index in [9.17, 15) is 8.96 Å². The largest absolute Gasteiger partial charge is 0.309 e. The molecule has 0 aliphatic rings. The maximum absolute atomic E-state index is 14.5. The molecule has 3 aromatic carbocycles. The van der Waals surface area contributed by atoms with E-state index in [1.165, 1.54) is 6.07 Å². The van der Waals surface area contributed by atoms with E-state index in [4.69, 9.17) is 0 Å². The smallest absolute Gasteiger partial charge is 0.173 e. The van der Waals surface area contributed by atoms with Crippen LogP contribution in [0.2, 0.25) is 0 Å². The van der Waals surface area contributed by atoms with Gasteiger partial charge in [-0.15, -0.1) is 0 Å². The summed E-state index contributed by atoms with van der Waals surface area (Å²) >= 11 is 0. The molecule has 3 aromatic rings. The van der Waals surface area contributed by atoms with Crippen molar-refractivity contribution in [3.05, 3.63) is 90.2 Å². The second kappa shape index (κ2) is 5.90. The van der Waals surface area contributed by atoms with E-state index in [1.807, 2.05) is 43.3 Å². The van der Waals surface area contributed by atoms with E-state index in [0.29, 0.717) is 10.6 Å². The summed E-state index contributed by atoms with van der Waals surface area (Å²) in [7, 11) is -3.21. The summed E-state index contributed by atoms with van der Waals surface area (Å²) < 4.78 is 28.5. The standard InChI is InChI=1S/C19H16FOP/c1-15-12-13-19(18(20)14-15)22(21,16-8-4-2-5-9-16)17-10-6-3-7-11-17/h2-14H,1H3. The minimum Gasteiger partial charge on any atom is -0.309 e. The molecule has 22 heavy (non-hydrogen) atoms. The van der Waals surface area contributed by atoms with Gasteiger partial charge in [-0.2, -0.15) is 0 Å². The van der Waals surface area contributed by atoms with Crippen molar-refractivity contribution < 1.29 is 8.96 Å². The highest BCUT2D eigenvalue weighted by atomic mass is 31.2. The molecule has 0 bridgehead atoms. The maximum atomic E-state index is 14.5. The molecular formula is C19H16FOP. The van der Waals surface area contributed by atoms with Crippen molar-refractivity contribution in [3.8, 4) is 0 Å². The van der Waals surface area contributed by atoms with Gasteiger partial charge in [0.1, 0.15) is 5.82 Å². The Morgan fingerprint density at radius 3 is 1.73 bits per heavy atom. The van der Waals surface area contributed by atoms with Crippen LogP contribution in [0.4, 0.5) is 4.39 Å². The van der Waals surface area contributed by atoms with Crippen LogP contribution < -0.4 is 15.9 Å². The number of hydrogen-bond acceptors (Lipinski definition) is 1. The van der Waals surface area contributed by atoms with E-state index >= 15 is 0 Å². The van der Waals surface area contributed by atoms with E-state index < -0.39 is 13.0 Å². The van der Waals surface area contributed by atoms with Crippen molar-refractivity contribution in [2.24, 2.45) is 0 Å². The molecule has 1 nitrogen and oxygen atoms in total. The summed E-state index contributed by atoms with van der Waals surface area (Å²) in [5.74, 6) is -0.420. The fourth-order valence-corrected chi connectivity index (χ4v) is 5.26. The molecule has 3 rings (SSSR count). The van der Waals surface area contributed by atoms with Crippen molar-refractivity contribution in [3.63, 3.8) is 0 Å². The predicted octanol–water partition coefficient (Wildman–Crippen LogP) is 3.77. The molecule has 0 saturated carbocycles. The van der Waals surface area contributed by atoms with Crippen molar-refractivity contribution in [2.45, 2.75) is 6.92 Å². The first-order chi connectivity index (χ1) is 10.6. The van der Waals surface area contributed by atoms with Gasteiger partial charge in [0, 0.05) is 10.6 Å². The zero-order chi connectivity index (χ0) is 15.6. The molecule has 110 valence electrons. The van der Waals surface area contributed by atoms with Gasteiger partial charge in [-0.25, -0.2) is 4.39 Å². The van der Waals surface area contributed by atoms with E-state index in [2.05, 4.69) is 0 Å². The summed E-state index contributed by atoms with van der Waals surface area (Å²) in [6.07, 6.45) is 0. The Bertz CT molecular complexity index is 785. The summed E-state index contributed by atoms with van der Waals surface area (Å²) in [5, 5.41) is 1.54. The normalized spacial score (nSPS) is 11.4. The minimum atomic E-state index is -3.21. The summed E-state index contributed by atoms with van der Waals surface area (Å²) in [5.41, 5.74) is 0.814. The molecule has 0 saturated heterocycles. The van der Waals surface area contributed by atoms with Crippen LogP contribution in [0, 0.1) is 12.7 Å². The van der Waals surface area contributed by atoms with Crippen molar-refractivity contribution in [1.82, 2.24) is 0 Å². The van der Waals surface area contributed by atoms with Crippen LogP contribution in [-0.2, 0) is 4.57 Å². The second-order valence-electron chi connectivity index (χ2n) is 5.24. The quantitative estimate of drug-likeness (QED) is 0.673. The lowest BCUT2D eigenvalue weighted by molar-refractivity contribution is 0.588. The number of hydrogen-bond donors (Lipinski definition) is 0. The van der Waals surface area contributed by atoms with Crippen LogP contribution in [0.5, 0.6) is 0 Å². The summed E-state index contributed by atoms with van der Waals surface area (Å²) in [4.78, 5) is 0. The Morgan fingerprint density at radius 2 is 1.27 bits per heavy atom. The first-order valence-corrected chi connectivity index (χ1v) is 8.81. The lowest BCUT2D eigenvalue weighted by Gasteiger charge is -2.20. The van der Waals surface area contributed by atoms with E-state index in [1.54, 1.807) is 36.4 Å². The third kappa shape index (κ3) is 2.51. The predicted molar refractivity (Wildman–Crippen MR) is 90.5 cm³/mol. The molecule has 0 amide bonds. The third-order valence-corrected chi connectivity index (χ3v) is 6.77. The lowest BCUT2D eigenvalue weighted by Crippen LogP contribution is -2.27. The Kier molecular flexibility index (Phi) is 3.96. The molecule has 0 radical (unpaired) electrons. The molecule has 0 fully saturated rings. The number of halogens is 1. The van der Waals surface area contributed by atoms with Crippen LogP contribution in [-0.4, -0.2) is 0 Å². The van der Waals surface area contributed by atoms with Gasteiger partial charge in [0.15, 0.2) is 7.14 Å². The highest BCUT2D eigenvalue weighted by Crippen LogP contribution is 2.42. The molecule has 0 heterocycles. The van der Waals surface area contributed by atoms with E-state index in [0.717, 1.165) is 5.56 Å². The Hall–Kier alpha value is -2.18. The number of rotatable bonds is 3. The van der Waals surface area contributed by atoms with Gasteiger partial charge >= 0.3 is 0 Å². The molecule has 0 aromatic heterocycles. The fourth-order valence-electron chi connectivity index (χ4n) is 2.57. The fraction of sp³-hybridized carbons (Fsp3) is 0.0526. The van der Waals surface area contributed by atoms with Gasteiger partial charge in [0.2, 0.25) is 0 Å². The number of aryl methyl sites for hydroxylation is 1. The van der Waals surface area contributed by atoms with Crippen LogP contribution in [0.25, 0.3) is 0 Å². The lowest BCUT2D eigenvalue weighted by atomic mass is 10.2. The highest BCUT2D eigenvalue weighted by molar-refractivity contribution is 7.85. The zero-order valence-electron chi connectivity index (χ0n) is 12.2. The van der Waals surface area contributed by atoms with Crippen molar-refractivity contribution in [2.75, 3.05) is 0 Å². The third-order valence-electron chi connectivity index (χ3n) is 3.68. The first kappa shape index (κ1) is 14.7. The van der Waals surface area contributed by atoms with Crippen molar-refractivity contribution >= 4 is 23.1 Å². The van der Waals surface area contributed by atoms with Gasteiger partial charge in [-0.3, -0.25) is 0 Å². The molecule has 3 heteroatoms. The van der Waals surface area contributed by atoms with Gasteiger partial charge in [0.25, 0.3) is 0 Å². The maximum Gasteiger partial charge on any atom is 0.173 e. The Balaban J connectivity index is 2.31. The molecule has 0 unspecified atom stereocenters. The second-order valence-corrected chi connectivity index (χ2v) is 7.97.